The van der Waals surface area contributed by atoms with Crippen LogP contribution in [0, 0.1) is 34.5 Å². The number of ether oxygens (including phenoxy) is 1. The van der Waals surface area contributed by atoms with Crippen molar-refractivity contribution in [3.05, 3.63) is 0 Å². The third-order valence-electron chi connectivity index (χ3n) is 8.71. The van der Waals surface area contributed by atoms with Gasteiger partial charge in [0.2, 0.25) is 0 Å². The molecule has 0 aromatic heterocycles. The zero-order valence-electron chi connectivity index (χ0n) is 13.9. The number of carbonyl (C=O) groups excluding carboxylic acids is 1. The van der Waals surface area contributed by atoms with Crippen LogP contribution in [0.2, 0.25) is 0 Å². The van der Waals surface area contributed by atoms with E-state index in [1.807, 2.05) is 0 Å². The maximum Gasteiger partial charge on any atom is 0.155 e. The summed E-state index contributed by atoms with van der Waals surface area (Å²) in [6.45, 7) is 4.77. The van der Waals surface area contributed by atoms with Crippen molar-refractivity contribution in [2.24, 2.45) is 40.2 Å². The van der Waals surface area contributed by atoms with Gasteiger partial charge >= 0.3 is 0 Å². The molecule has 1 saturated heterocycles. The number of epoxide rings is 1. The van der Waals surface area contributed by atoms with Crippen LogP contribution in [-0.2, 0) is 9.53 Å². The highest BCUT2D eigenvalue weighted by Gasteiger charge is 2.64. The lowest BCUT2D eigenvalue weighted by Crippen LogP contribution is -2.53. The summed E-state index contributed by atoms with van der Waals surface area (Å²) in [7, 11) is 0. The van der Waals surface area contributed by atoms with Gasteiger partial charge in [-0.15, -0.1) is 0 Å². The highest BCUT2D eigenvalue weighted by molar-refractivity contribution is 5.92. The van der Waals surface area contributed by atoms with Gasteiger partial charge in [0, 0.05) is 5.41 Å². The van der Waals surface area contributed by atoms with E-state index in [4.69, 9.17) is 10.5 Å². The minimum Gasteiger partial charge on any atom is -0.370 e. The molecule has 9 atom stereocenters. The fourth-order valence-corrected chi connectivity index (χ4v) is 7.39. The van der Waals surface area contributed by atoms with Gasteiger partial charge in [0.05, 0.1) is 18.2 Å². The van der Waals surface area contributed by atoms with Crippen LogP contribution < -0.4 is 5.73 Å². The lowest BCUT2D eigenvalue weighted by Gasteiger charge is -2.58. The van der Waals surface area contributed by atoms with Crippen molar-refractivity contribution in [1.82, 2.24) is 0 Å². The van der Waals surface area contributed by atoms with E-state index in [1.165, 1.54) is 32.1 Å². The summed E-state index contributed by atoms with van der Waals surface area (Å²) in [5.41, 5.74) is 6.51. The summed E-state index contributed by atoms with van der Waals surface area (Å²) < 4.78 is 5.88. The fourth-order valence-electron chi connectivity index (χ4n) is 7.39. The zero-order chi connectivity index (χ0) is 15.3. The Kier molecular flexibility index (Phi) is 2.64. The highest BCUT2D eigenvalue weighted by atomic mass is 16.6. The van der Waals surface area contributed by atoms with E-state index in [9.17, 15) is 4.79 Å². The summed E-state index contributed by atoms with van der Waals surface area (Å²) >= 11 is 0. The molecular formula is C19H29NO2. The molecule has 5 fully saturated rings. The van der Waals surface area contributed by atoms with Crippen LogP contribution in [0.3, 0.4) is 0 Å². The molecule has 4 aliphatic carbocycles. The van der Waals surface area contributed by atoms with Crippen LogP contribution in [0.5, 0.6) is 0 Å². The SMILES string of the molecule is C[C@]12C[C@H]3O[C@H]3CC1CC[C@@H]1[C@@H]2CC[C@]2(C)C(=O)[C@@H](N)C[C@@H]12. The molecule has 3 nitrogen and oxygen atoms in total. The van der Waals surface area contributed by atoms with Crippen molar-refractivity contribution >= 4 is 5.78 Å². The first-order valence-electron chi connectivity index (χ1n) is 9.39. The van der Waals surface area contributed by atoms with Crippen LogP contribution in [-0.4, -0.2) is 24.0 Å². The average molecular weight is 303 g/mol. The Hall–Kier alpha value is -0.410. The Balaban J connectivity index is 1.49. The van der Waals surface area contributed by atoms with E-state index >= 15 is 0 Å². The third kappa shape index (κ3) is 1.57. The normalized spacial score (nSPS) is 62.7. The van der Waals surface area contributed by atoms with Gasteiger partial charge in [-0.05, 0) is 74.0 Å². The molecule has 1 unspecified atom stereocenters. The second kappa shape index (κ2) is 4.16. The Morgan fingerprint density at radius 3 is 2.73 bits per heavy atom. The smallest absolute Gasteiger partial charge is 0.155 e. The van der Waals surface area contributed by atoms with Gasteiger partial charge < -0.3 is 10.5 Å². The standard InChI is InChI=1S/C19H29NO2/c1-18-6-5-12-11(13(18)8-14(20)17(18)21)4-3-10-7-15-16(22-15)9-19(10,12)2/h10-16H,3-9,20H2,1-2H3/t10?,11-,12+,13+,14+,15+,16-,18+,19+/m1/s1. The molecule has 0 aromatic rings. The second-order valence-corrected chi connectivity index (χ2v) is 9.47. The lowest BCUT2D eigenvalue weighted by molar-refractivity contribution is -0.138. The summed E-state index contributed by atoms with van der Waals surface area (Å²) in [5.74, 6) is 3.29. The molecule has 2 N–H and O–H groups in total. The molecule has 3 heteroatoms. The minimum atomic E-state index is -0.193. The molecule has 1 heterocycles. The van der Waals surface area contributed by atoms with Crippen LogP contribution in [0.15, 0.2) is 0 Å². The van der Waals surface area contributed by atoms with Crippen LogP contribution in [0.4, 0.5) is 0 Å². The maximum absolute atomic E-state index is 12.6. The third-order valence-corrected chi connectivity index (χ3v) is 8.71. The number of rotatable bonds is 0. The van der Waals surface area contributed by atoms with E-state index < -0.39 is 0 Å². The largest absolute Gasteiger partial charge is 0.370 e. The Labute approximate surface area is 133 Å². The molecule has 5 aliphatic rings. The zero-order valence-corrected chi connectivity index (χ0v) is 13.9. The first-order valence-corrected chi connectivity index (χ1v) is 9.39. The number of nitrogens with two attached hydrogens (primary N) is 1. The van der Waals surface area contributed by atoms with Crippen molar-refractivity contribution < 1.29 is 9.53 Å². The van der Waals surface area contributed by atoms with E-state index in [-0.39, 0.29) is 11.5 Å². The first kappa shape index (κ1) is 14.0. The maximum atomic E-state index is 12.6. The topological polar surface area (TPSA) is 55.6 Å². The van der Waals surface area contributed by atoms with Crippen LogP contribution in [0.25, 0.3) is 0 Å². The molecule has 1 aliphatic heterocycles. The van der Waals surface area contributed by atoms with Crippen LogP contribution >= 0.6 is 0 Å². The summed E-state index contributed by atoms with van der Waals surface area (Å²) in [4.78, 5) is 12.6. The molecule has 0 radical (unpaired) electrons. The second-order valence-electron chi connectivity index (χ2n) is 9.47. The monoisotopic (exact) mass is 303 g/mol. The van der Waals surface area contributed by atoms with E-state index in [0.717, 1.165) is 30.6 Å². The minimum absolute atomic E-state index is 0.114. The van der Waals surface area contributed by atoms with Gasteiger partial charge in [0.25, 0.3) is 0 Å². The highest BCUT2D eigenvalue weighted by Crippen LogP contribution is 2.67. The summed E-state index contributed by atoms with van der Waals surface area (Å²) in [6, 6.07) is -0.193. The van der Waals surface area contributed by atoms with Crippen LogP contribution in [0.1, 0.15) is 58.8 Å². The average Bonchev–Trinajstić information content (AvgIpc) is 3.18. The number of fused-ring (bicyclic) bond motifs is 6. The molecule has 122 valence electrons. The number of hydrogen-bond donors (Lipinski definition) is 1. The van der Waals surface area contributed by atoms with Gasteiger partial charge in [0.1, 0.15) is 0 Å². The van der Waals surface area contributed by atoms with Gasteiger partial charge in [-0.3, -0.25) is 4.79 Å². The van der Waals surface area contributed by atoms with E-state index in [2.05, 4.69) is 13.8 Å². The number of Topliss-reactive ketones (excluding diaryl/α,β-unsaturated/α-hetero) is 1. The Bertz CT molecular complexity index is 534. The molecule has 0 bridgehead atoms. The van der Waals surface area contributed by atoms with E-state index in [1.54, 1.807) is 0 Å². The van der Waals surface area contributed by atoms with E-state index in [0.29, 0.717) is 29.3 Å². The molecule has 0 aromatic carbocycles. The Morgan fingerprint density at radius 1 is 1.09 bits per heavy atom. The molecule has 22 heavy (non-hydrogen) atoms. The first-order chi connectivity index (χ1) is 10.4. The summed E-state index contributed by atoms with van der Waals surface area (Å²) in [6.07, 6.45) is 9.63. The number of carbonyl (C=O) groups is 1. The fraction of sp³-hybridized carbons (Fsp3) is 0.947. The molecule has 0 spiro atoms. The van der Waals surface area contributed by atoms with Gasteiger partial charge in [-0.25, -0.2) is 0 Å². The number of ketones is 1. The van der Waals surface area contributed by atoms with Gasteiger partial charge in [0.15, 0.2) is 5.78 Å². The predicted octanol–water partition coefficient (Wildman–Crippen LogP) is 2.91. The number of hydrogen-bond acceptors (Lipinski definition) is 3. The lowest BCUT2D eigenvalue weighted by atomic mass is 9.45. The quantitative estimate of drug-likeness (QED) is 0.700. The molecule has 0 amide bonds. The molecular weight excluding hydrogens is 274 g/mol. The Morgan fingerprint density at radius 2 is 1.91 bits per heavy atom. The van der Waals surface area contributed by atoms with Crippen molar-refractivity contribution in [3.8, 4) is 0 Å². The van der Waals surface area contributed by atoms with Crippen molar-refractivity contribution in [2.45, 2.75) is 77.0 Å². The molecule has 5 rings (SSSR count). The molecule has 4 saturated carbocycles. The van der Waals surface area contributed by atoms with Crippen molar-refractivity contribution in [1.29, 1.82) is 0 Å². The summed E-state index contributed by atoms with van der Waals surface area (Å²) in [5, 5.41) is 0. The predicted molar refractivity (Wildman–Crippen MR) is 84.1 cm³/mol. The van der Waals surface area contributed by atoms with Gasteiger partial charge in [-0.2, -0.15) is 0 Å². The van der Waals surface area contributed by atoms with Crippen molar-refractivity contribution in [3.63, 3.8) is 0 Å². The van der Waals surface area contributed by atoms with Crippen molar-refractivity contribution in [2.75, 3.05) is 0 Å². The van der Waals surface area contributed by atoms with Gasteiger partial charge in [-0.1, -0.05) is 13.8 Å².